The lowest BCUT2D eigenvalue weighted by atomic mass is 10.3. The molecule has 0 aliphatic carbocycles. The summed E-state index contributed by atoms with van der Waals surface area (Å²) in [7, 11) is 0. The molecule has 0 amide bonds. The Kier molecular flexibility index (Phi) is 2.82. The van der Waals surface area contributed by atoms with Gasteiger partial charge in [0, 0.05) is 6.07 Å². The molecule has 82 valence electrons. The summed E-state index contributed by atoms with van der Waals surface area (Å²) in [6.45, 7) is 0. The van der Waals surface area contributed by atoms with E-state index in [2.05, 4.69) is 0 Å². The van der Waals surface area contributed by atoms with Crippen LogP contribution in [0.15, 0.2) is 48.5 Å². The third kappa shape index (κ3) is 2.36. The molecular weight excluding hydrogens is 208 g/mol. The van der Waals surface area contributed by atoms with Gasteiger partial charge in [-0.3, -0.25) is 9.78 Å². The molecule has 0 aromatic heterocycles. The van der Waals surface area contributed by atoms with E-state index in [0.717, 1.165) is 0 Å². The molecule has 16 heavy (non-hydrogen) atoms. The highest BCUT2D eigenvalue weighted by atomic mass is 17.2. The molecule has 0 unspecified atom stereocenters. The van der Waals surface area contributed by atoms with Gasteiger partial charge >= 0.3 is 0 Å². The molecule has 0 spiro atoms. The summed E-state index contributed by atoms with van der Waals surface area (Å²) in [5.41, 5.74) is 0. The Morgan fingerprint density at radius 1 is 0.812 bits per heavy atom. The molecule has 0 heterocycles. The topological polar surface area (TPSA) is 58.9 Å². The van der Waals surface area contributed by atoms with Crippen molar-refractivity contribution in [2.45, 2.75) is 0 Å². The molecule has 2 aromatic carbocycles. The molecule has 2 aromatic rings. The monoisotopic (exact) mass is 218 g/mol. The van der Waals surface area contributed by atoms with Crippen LogP contribution in [0.5, 0.6) is 23.0 Å². The number of para-hydroxylation sites is 1. The molecule has 4 nitrogen and oxygen atoms in total. The van der Waals surface area contributed by atoms with E-state index in [9.17, 15) is 5.11 Å². The largest absolute Gasteiger partial charge is 0.508 e. The van der Waals surface area contributed by atoms with Crippen LogP contribution in [0, 0.1) is 0 Å². The summed E-state index contributed by atoms with van der Waals surface area (Å²) in [5, 5.41) is 18.5. The van der Waals surface area contributed by atoms with Crippen molar-refractivity contribution in [1.82, 2.24) is 0 Å². The van der Waals surface area contributed by atoms with E-state index in [0.29, 0.717) is 5.75 Å². The third-order valence-corrected chi connectivity index (χ3v) is 1.91. The Morgan fingerprint density at radius 3 is 2.25 bits per heavy atom. The fourth-order valence-electron chi connectivity index (χ4n) is 1.15. The van der Waals surface area contributed by atoms with Crippen molar-refractivity contribution in [2.24, 2.45) is 0 Å². The average molecular weight is 218 g/mol. The van der Waals surface area contributed by atoms with Crippen LogP contribution in [0.25, 0.3) is 0 Å². The van der Waals surface area contributed by atoms with Crippen LogP contribution >= 0.6 is 0 Å². The number of benzene rings is 2. The summed E-state index contributed by atoms with van der Waals surface area (Å²) >= 11 is 0. The number of phenols is 2. The Hall–Kier alpha value is -2.36. The van der Waals surface area contributed by atoms with Gasteiger partial charge in [-0.25, -0.2) is 0 Å². The van der Waals surface area contributed by atoms with E-state index in [1.165, 1.54) is 18.2 Å². The van der Waals surface area contributed by atoms with Gasteiger partial charge in [-0.05, 0) is 24.3 Å². The van der Waals surface area contributed by atoms with Crippen LogP contribution in [0.4, 0.5) is 0 Å². The predicted octanol–water partition coefficient (Wildman–Crippen LogP) is 2.47. The van der Waals surface area contributed by atoms with E-state index in [1.807, 2.05) is 6.07 Å². The highest BCUT2D eigenvalue weighted by Gasteiger charge is 2.05. The maximum Gasteiger partial charge on any atom is 0.220 e. The fraction of sp³-hybridized carbons (Fsp3) is 0. The van der Waals surface area contributed by atoms with Gasteiger partial charge in [0.05, 0.1) is 0 Å². The van der Waals surface area contributed by atoms with Crippen LogP contribution in [0.1, 0.15) is 0 Å². The standard InChI is InChI=1S/C12H10O4/c13-9-6-7-12(11(14)8-9)16-15-10-4-2-1-3-5-10/h1-8,13-14H. The summed E-state index contributed by atoms with van der Waals surface area (Å²) < 4.78 is 0. The minimum absolute atomic E-state index is 0.0374. The first-order chi connectivity index (χ1) is 7.75. The van der Waals surface area contributed by atoms with Crippen molar-refractivity contribution in [3.63, 3.8) is 0 Å². The summed E-state index contributed by atoms with van der Waals surface area (Å²) in [6, 6.07) is 12.9. The molecule has 0 atom stereocenters. The Bertz CT molecular complexity index is 468. The van der Waals surface area contributed by atoms with E-state index in [-0.39, 0.29) is 17.2 Å². The van der Waals surface area contributed by atoms with Gasteiger partial charge in [-0.1, -0.05) is 18.2 Å². The smallest absolute Gasteiger partial charge is 0.220 e. The lowest BCUT2D eigenvalue weighted by Crippen LogP contribution is -2.00. The van der Waals surface area contributed by atoms with Crippen LogP contribution in [0.3, 0.4) is 0 Å². The number of hydrogen-bond donors (Lipinski definition) is 2. The van der Waals surface area contributed by atoms with Crippen LogP contribution < -0.4 is 9.78 Å². The maximum absolute atomic E-state index is 9.40. The summed E-state index contributed by atoms with van der Waals surface area (Å²) in [4.78, 5) is 9.89. The molecule has 0 bridgehead atoms. The molecule has 0 fully saturated rings. The normalized spacial score (nSPS) is 9.75. The van der Waals surface area contributed by atoms with Gasteiger partial charge in [-0.15, -0.1) is 0 Å². The minimum atomic E-state index is -0.184. The van der Waals surface area contributed by atoms with Crippen LogP contribution in [-0.4, -0.2) is 10.2 Å². The van der Waals surface area contributed by atoms with Gasteiger partial charge in [0.2, 0.25) is 5.75 Å². The zero-order chi connectivity index (χ0) is 11.4. The fourth-order valence-corrected chi connectivity index (χ4v) is 1.15. The highest BCUT2D eigenvalue weighted by molar-refractivity contribution is 5.43. The molecular formula is C12H10O4. The van der Waals surface area contributed by atoms with Gasteiger partial charge in [0.15, 0.2) is 11.5 Å². The first-order valence-corrected chi connectivity index (χ1v) is 4.67. The molecule has 2 rings (SSSR count). The molecule has 0 radical (unpaired) electrons. The molecule has 0 saturated carbocycles. The first-order valence-electron chi connectivity index (χ1n) is 4.67. The summed E-state index contributed by atoms with van der Waals surface area (Å²) in [5.74, 6) is 0.442. The average Bonchev–Trinajstić information content (AvgIpc) is 2.29. The Balaban J connectivity index is 2.05. The van der Waals surface area contributed by atoms with Gasteiger partial charge in [0.1, 0.15) is 5.75 Å². The maximum atomic E-state index is 9.40. The van der Waals surface area contributed by atoms with E-state index in [4.69, 9.17) is 14.9 Å². The molecule has 4 heteroatoms. The third-order valence-electron chi connectivity index (χ3n) is 1.91. The van der Waals surface area contributed by atoms with Crippen molar-refractivity contribution in [1.29, 1.82) is 0 Å². The zero-order valence-corrected chi connectivity index (χ0v) is 8.33. The molecule has 2 N–H and O–H groups in total. The van der Waals surface area contributed by atoms with Crippen molar-refractivity contribution in [3.05, 3.63) is 48.5 Å². The second-order valence-electron chi connectivity index (χ2n) is 3.13. The van der Waals surface area contributed by atoms with E-state index in [1.54, 1.807) is 24.3 Å². The lowest BCUT2D eigenvalue weighted by molar-refractivity contribution is -0.102. The van der Waals surface area contributed by atoms with Gasteiger partial charge in [-0.2, -0.15) is 0 Å². The minimum Gasteiger partial charge on any atom is -0.508 e. The first kappa shape index (κ1) is 10.2. The molecule has 0 aliphatic rings. The van der Waals surface area contributed by atoms with Gasteiger partial charge < -0.3 is 10.2 Å². The number of phenolic OH excluding ortho intramolecular Hbond substituents is 2. The van der Waals surface area contributed by atoms with Crippen molar-refractivity contribution < 1.29 is 20.0 Å². The van der Waals surface area contributed by atoms with Crippen molar-refractivity contribution in [3.8, 4) is 23.0 Å². The number of rotatable bonds is 3. The Morgan fingerprint density at radius 2 is 1.56 bits per heavy atom. The van der Waals surface area contributed by atoms with Crippen LogP contribution in [0.2, 0.25) is 0 Å². The summed E-state index contributed by atoms with van der Waals surface area (Å²) in [6.07, 6.45) is 0. The number of aromatic hydroxyl groups is 2. The SMILES string of the molecule is Oc1ccc(OOc2ccccc2)c(O)c1. The second-order valence-corrected chi connectivity index (χ2v) is 3.13. The van der Waals surface area contributed by atoms with Crippen molar-refractivity contribution >= 4 is 0 Å². The number of hydrogen-bond acceptors (Lipinski definition) is 4. The quantitative estimate of drug-likeness (QED) is 0.613. The molecule has 0 saturated heterocycles. The van der Waals surface area contributed by atoms with Crippen LogP contribution in [-0.2, 0) is 0 Å². The highest BCUT2D eigenvalue weighted by Crippen LogP contribution is 2.29. The van der Waals surface area contributed by atoms with E-state index < -0.39 is 0 Å². The zero-order valence-electron chi connectivity index (χ0n) is 8.33. The predicted molar refractivity (Wildman–Crippen MR) is 57.5 cm³/mol. The van der Waals surface area contributed by atoms with Crippen molar-refractivity contribution in [2.75, 3.05) is 0 Å². The van der Waals surface area contributed by atoms with Gasteiger partial charge in [0.25, 0.3) is 0 Å². The Labute approximate surface area is 92.2 Å². The molecule has 0 aliphatic heterocycles. The lowest BCUT2D eigenvalue weighted by Gasteiger charge is -2.06. The van der Waals surface area contributed by atoms with E-state index >= 15 is 0 Å². The second kappa shape index (κ2) is 4.44.